The van der Waals surface area contributed by atoms with E-state index in [1.165, 1.54) is 0 Å². The van der Waals surface area contributed by atoms with Gasteiger partial charge in [0.15, 0.2) is 11.5 Å². The second-order valence-electron chi connectivity index (χ2n) is 6.93. The summed E-state index contributed by atoms with van der Waals surface area (Å²) in [7, 11) is 0. The van der Waals surface area contributed by atoms with Crippen LogP contribution in [0.25, 0.3) is 0 Å². The van der Waals surface area contributed by atoms with Crippen molar-refractivity contribution >= 4 is 5.97 Å². The van der Waals surface area contributed by atoms with E-state index in [1.54, 1.807) is 0 Å². The number of esters is 1. The highest BCUT2D eigenvalue weighted by Gasteiger charge is 2.18. The summed E-state index contributed by atoms with van der Waals surface area (Å²) in [4.78, 5) is 13.7. The van der Waals surface area contributed by atoms with Crippen molar-refractivity contribution in [2.75, 3.05) is 19.9 Å². The Labute approximate surface area is 165 Å². The minimum absolute atomic E-state index is 0.00522. The van der Waals surface area contributed by atoms with Gasteiger partial charge >= 0.3 is 5.97 Å². The van der Waals surface area contributed by atoms with Crippen molar-refractivity contribution in [1.82, 2.24) is 4.90 Å². The molecule has 28 heavy (non-hydrogen) atoms. The van der Waals surface area contributed by atoms with Crippen molar-refractivity contribution in [2.24, 2.45) is 0 Å². The molecule has 0 aromatic heterocycles. The van der Waals surface area contributed by atoms with E-state index in [2.05, 4.69) is 17.0 Å². The maximum Gasteiger partial charge on any atom is 0.305 e. The van der Waals surface area contributed by atoms with Crippen LogP contribution in [-0.2, 0) is 22.6 Å². The van der Waals surface area contributed by atoms with E-state index in [4.69, 9.17) is 14.2 Å². The summed E-state index contributed by atoms with van der Waals surface area (Å²) >= 11 is 0. The molecular weight excluding hydrogens is 358 g/mol. The minimum Gasteiger partial charge on any atom is -0.463 e. The molecule has 3 rings (SSSR count). The Morgan fingerprint density at radius 3 is 2.64 bits per heavy atom. The van der Waals surface area contributed by atoms with Crippen LogP contribution in [0.1, 0.15) is 30.9 Å². The number of aliphatic hydroxyl groups excluding tert-OH is 1. The van der Waals surface area contributed by atoms with Crippen LogP contribution in [0.4, 0.5) is 0 Å². The van der Waals surface area contributed by atoms with Crippen LogP contribution in [-0.4, -0.2) is 42.0 Å². The van der Waals surface area contributed by atoms with Gasteiger partial charge in [-0.2, -0.15) is 0 Å². The Balaban J connectivity index is 1.63. The van der Waals surface area contributed by atoms with E-state index in [1.807, 2.05) is 43.3 Å². The number of rotatable bonds is 10. The van der Waals surface area contributed by atoms with Gasteiger partial charge in [0, 0.05) is 26.1 Å². The van der Waals surface area contributed by atoms with Crippen molar-refractivity contribution in [1.29, 1.82) is 0 Å². The fourth-order valence-corrected chi connectivity index (χ4v) is 3.14. The summed E-state index contributed by atoms with van der Waals surface area (Å²) in [6.07, 6.45) is 0.357. The Morgan fingerprint density at radius 1 is 1.11 bits per heavy atom. The van der Waals surface area contributed by atoms with E-state index in [0.29, 0.717) is 26.1 Å². The Morgan fingerprint density at radius 2 is 1.86 bits per heavy atom. The third kappa shape index (κ3) is 5.97. The molecule has 1 atom stereocenters. The molecule has 0 fully saturated rings. The fraction of sp³-hybridized carbons (Fsp3) is 0.409. The van der Waals surface area contributed by atoms with Gasteiger partial charge in [-0.15, -0.1) is 0 Å². The molecule has 1 heterocycles. The average molecular weight is 385 g/mol. The molecule has 0 saturated carbocycles. The van der Waals surface area contributed by atoms with E-state index in [0.717, 1.165) is 29.0 Å². The van der Waals surface area contributed by atoms with Crippen molar-refractivity contribution in [3.05, 3.63) is 59.7 Å². The summed E-state index contributed by atoms with van der Waals surface area (Å²) in [6, 6.07) is 16.0. The van der Waals surface area contributed by atoms with Gasteiger partial charge < -0.3 is 19.3 Å². The van der Waals surface area contributed by atoms with Gasteiger partial charge in [0.25, 0.3) is 0 Å². The molecule has 1 aliphatic heterocycles. The topological polar surface area (TPSA) is 68.2 Å². The van der Waals surface area contributed by atoms with Crippen LogP contribution in [0.2, 0.25) is 0 Å². The van der Waals surface area contributed by atoms with Crippen LogP contribution in [0, 0.1) is 0 Å². The molecule has 0 spiro atoms. The lowest BCUT2D eigenvalue weighted by molar-refractivity contribution is -0.147. The smallest absolute Gasteiger partial charge is 0.305 e. The lowest BCUT2D eigenvalue weighted by Gasteiger charge is -2.25. The molecule has 6 nitrogen and oxygen atoms in total. The molecule has 0 aliphatic carbocycles. The SMILES string of the molecule is CCCC(=O)OC[C@H](O)CN(Cc1ccccc1)Cc1ccc2c(c1)OCO2. The largest absolute Gasteiger partial charge is 0.463 e. The number of carbonyl (C=O) groups is 1. The molecule has 0 bridgehead atoms. The number of benzene rings is 2. The fourth-order valence-electron chi connectivity index (χ4n) is 3.14. The monoisotopic (exact) mass is 385 g/mol. The summed E-state index contributed by atoms with van der Waals surface area (Å²) < 4.78 is 16.0. The van der Waals surface area contributed by atoms with Crippen molar-refractivity contribution in [3.63, 3.8) is 0 Å². The van der Waals surface area contributed by atoms with Crippen molar-refractivity contribution in [3.8, 4) is 11.5 Å². The van der Waals surface area contributed by atoms with Gasteiger partial charge in [0.1, 0.15) is 12.7 Å². The number of fused-ring (bicyclic) bond motifs is 1. The van der Waals surface area contributed by atoms with Gasteiger partial charge in [-0.1, -0.05) is 43.3 Å². The second-order valence-corrected chi connectivity index (χ2v) is 6.93. The van der Waals surface area contributed by atoms with Gasteiger partial charge in [-0.05, 0) is 29.7 Å². The zero-order valence-electron chi connectivity index (χ0n) is 16.2. The first kappa shape index (κ1) is 20.2. The highest BCUT2D eigenvalue weighted by atomic mass is 16.7. The van der Waals surface area contributed by atoms with Gasteiger partial charge in [-0.25, -0.2) is 0 Å². The van der Waals surface area contributed by atoms with E-state index in [-0.39, 0.29) is 19.4 Å². The average Bonchev–Trinajstić information content (AvgIpc) is 3.15. The van der Waals surface area contributed by atoms with Crippen LogP contribution in [0.5, 0.6) is 11.5 Å². The minimum atomic E-state index is -0.751. The third-order valence-corrected chi connectivity index (χ3v) is 4.45. The van der Waals surface area contributed by atoms with Gasteiger partial charge in [-0.3, -0.25) is 9.69 Å². The quantitative estimate of drug-likeness (QED) is 0.634. The predicted molar refractivity (Wildman–Crippen MR) is 105 cm³/mol. The summed E-state index contributed by atoms with van der Waals surface area (Å²) in [5, 5.41) is 10.4. The number of ether oxygens (including phenoxy) is 3. The number of carbonyl (C=O) groups excluding carboxylic acids is 1. The molecule has 6 heteroatoms. The zero-order valence-corrected chi connectivity index (χ0v) is 16.2. The molecule has 0 saturated heterocycles. The van der Waals surface area contributed by atoms with Gasteiger partial charge in [0.2, 0.25) is 6.79 Å². The molecule has 1 aliphatic rings. The Hall–Kier alpha value is -2.57. The zero-order chi connectivity index (χ0) is 19.8. The maximum absolute atomic E-state index is 11.6. The summed E-state index contributed by atoms with van der Waals surface area (Å²) in [5.41, 5.74) is 2.22. The standard InChI is InChI=1S/C22H27NO5/c1-2-6-22(25)26-15-19(24)14-23(12-17-7-4-3-5-8-17)13-18-9-10-20-21(11-18)28-16-27-20/h3-5,7-11,19,24H,2,6,12-16H2,1H3/t19-/m1/s1. The van der Waals surface area contributed by atoms with Gasteiger partial charge in [0.05, 0.1) is 0 Å². The maximum atomic E-state index is 11.6. The van der Waals surface area contributed by atoms with E-state index < -0.39 is 6.10 Å². The molecular formula is C22H27NO5. The highest BCUT2D eigenvalue weighted by molar-refractivity contribution is 5.69. The van der Waals surface area contributed by atoms with Crippen LogP contribution < -0.4 is 9.47 Å². The number of hydrogen-bond donors (Lipinski definition) is 1. The summed E-state index contributed by atoms with van der Waals surface area (Å²) in [6.45, 7) is 3.87. The third-order valence-electron chi connectivity index (χ3n) is 4.45. The molecule has 2 aromatic carbocycles. The Kier molecular flexibility index (Phi) is 7.28. The van der Waals surface area contributed by atoms with Crippen LogP contribution in [0.15, 0.2) is 48.5 Å². The van der Waals surface area contributed by atoms with E-state index >= 15 is 0 Å². The first-order chi connectivity index (χ1) is 13.6. The number of nitrogens with zero attached hydrogens (tertiary/aromatic N) is 1. The number of aliphatic hydroxyl groups is 1. The van der Waals surface area contributed by atoms with Crippen molar-refractivity contribution in [2.45, 2.75) is 39.0 Å². The first-order valence-corrected chi connectivity index (χ1v) is 9.62. The molecule has 1 N–H and O–H groups in total. The molecule has 0 unspecified atom stereocenters. The molecule has 0 radical (unpaired) electrons. The van der Waals surface area contributed by atoms with E-state index in [9.17, 15) is 9.90 Å². The second kappa shape index (κ2) is 10.1. The summed E-state index contributed by atoms with van der Waals surface area (Å²) in [5.74, 6) is 1.22. The number of hydrogen-bond acceptors (Lipinski definition) is 6. The molecule has 0 amide bonds. The highest BCUT2D eigenvalue weighted by Crippen LogP contribution is 2.32. The molecule has 2 aromatic rings. The predicted octanol–water partition coefficient (Wildman–Crippen LogP) is 3.12. The molecule has 150 valence electrons. The first-order valence-electron chi connectivity index (χ1n) is 9.62. The lowest BCUT2D eigenvalue weighted by atomic mass is 10.1. The lowest BCUT2D eigenvalue weighted by Crippen LogP contribution is -2.34. The Bertz CT molecular complexity index is 765. The van der Waals surface area contributed by atoms with Crippen LogP contribution >= 0.6 is 0 Å². The normalized spacial score (nSPS) is 13.5. The van der Waals surface area contributed by atoms with Crippen LogP contribution in [0.3, 0.4) is 0 Å². The van der Waals surface area contributed by atoms with Crippen molar-refractivity contribution < 1.29 is 24.1 Å².